The summed E-state index contributed by atoms with van der Waals surface area (Å²) < 4.78 is 15.7. The molecule has 2 aromatic rings. The number of aryl methyl sites for hydroxylation is 1. The number of hydrogen-bond acceptors (Lipinski definition) is 5. The lowest BCUT2D eigenvalue weighted by atomic mass is 9.97. The highest BCUT2D eigenvalue weighted by molar-refractivity contribution is 5.92. The average Bonchev–Trinajstić information content (AvgIpc) is 3.22. The van der Waals surface area contributed by atoms with Gasteiger partial charge in [0.1, 0.15) is 17.3 Å². The lowest BCUT2D eigenvalue weighted by molar-refractivity contribution is 0.0780. The largest absolute Gasteiger partial charge is 0.497 e. The van der Waals surface area contributed by atoms with Crippen LogP contribution < -0.4 is 9.47 Å². The number of ether oxygens (including phenoxy) is 2. The second-order valence-electron chi connectivity index (χ2n) is 5.67. The first-order valence-corrected chi connectivity index (χ1v) is 7.57. The number of nitrogens with zero attached hydrogens (tertiary/aromatic N) is 2. The van der Waals surface area contributed by atoms with Gasteiger partial charge in [-0.1, -0.05) is 5.16 Å². The highest BCUT2D eigenvalue weighted by Crippen LogP contribution is 2.36. The van der Waals surface area contributed by atoms with Crippen LogP contribution in [0.5, 0.6) is 11.5 Å². The maximum atomic E-state index is 12.5. The van der Waals surface area contributed by atoms with Crippen molar-refractivity contribution >= 4 is 5.91 Å². The zero-order chi connectivity index (χ0) is 16.4. The summed E-state index contributed by atoms with van der Waals surface area (Å²) >= 11 is 0. The van der Waals surface area contributed by atoms with Crippen molar-refractivity contribution in [3.05, 3.63) is 41.3 Å². The van der Waals surface area contributed by atoms with Crippen molar-refractivity contribution in [2.75, 3.05) is 27.3 Å². The molecule has 0 spiro atoms. The SMILES string of the molecule is COc1ccc(OC)c([C@@H]2CCN(C(=O)c3cc(C)on3)C2)c1. The minimum atomic E-state index is -0.0915. The van der Waals surface area contributed by atoms with Gasteiger partial charge in [0.2, 0.25) is 0 Å². The van der Waals surface area contributed by atoms with Crippen LogP contribution in [0.1, 0.15) is 34.2 Å². The van der Waals surface area contributed by atoms with Gasteiger partial charge in [-0.2, -0.15) is 0 Å². The number of aromatic nitrogens is 1. The van der Waals surface area contributed by atoms with Crippen molar-refractivity contribution in [3.63, 3.8) is 0 Å². The van der Waals surface area contributed by atoms with Gasteiger partial charge in [0.25, 0.3) is 5.91 Å². The predicted octanol–water partition coefficient (Wildman–Crippen LogP) is 2.63. The molecule has 2 heterocycles. The van der Waals surface area contributed by atoms with Crippen LogP contribution in [0.15, 0.2) is 28.8 Å². The first-order chi connectivity index (χ1) is 11.1. The zero-order valence-electron chi connectivity index (χ0n) is 13.5. The first-order valence-electron chi connectivity index (χ1n) is 7.57. The molecular weight excluding hydrogens is 296 g/mol. The molecule has 0 bridgehead atoms. The molecule has 1 aliphatic heterocycles. The number of hydrogen-bond donors (Lipinski definition) is 0. The number of likely N-dealkylation sites (tertiary alicyclic amines) is 1. The van der Waals surface area contributed by atoms with E-state index < -0.39 is 0 Å². The van der Waals surface area contributed by atoms with Gasteiger partial charge in [-0.15, -0.1) is 0 Å². The Morgan fingerprint density at radius 3 is 2.78 bits per heavy atom. The second-order valence-corrected chi connectivity index (χ2v) is 5.67. The van der Waals surface area contributed by atoms with Crippen molar-refractivity contribution in [1.29, 1.82) is 0 Å². The third kappa shape index (κ3) is 3.02. The third-order valence-electron chi connectivity index (χ3n) is 4.20. The van der Waals surface area contributed by atoms with Crippen LogP contribution >= 0.6 is 0 Å². The Labute approximate surface area is 135 Å². The molecule has 1 atom stereocenters. The number of carbonyl (C=O) groups is 1. The average molecular weight is 316 g/mol. The summed E-state index contributed by atoms with van der Waals surface area (Å²) in [5.74, 6) is 2.38. The fraction of sp³-hybridized carbons (Fsp3) is 0.412. The summed E-state index contributed by atoms with van der Waals surface area (Å²) in [6.45, 7) is 3.10. The van der Waals surface area contributed by atoms with E-state index in [0.717, 1.165) is 23.5 Å². The molecule has 6 nitrogen and oxygen atoms in total. The van der Waals surface area contributed by atoms with Crippen LogP contribution in [0.2, 0.25) is 0 Å². The number of benzene rings is 1. The summed E-state index contributed by atoms with van der Waals surface area (Å²) in [6, 6.07) is 7.43. The van der Waals surface area contributed by atoms with Gasteiger partial charge in [-0.05, 0) is 31.5 Å². The number of methoxy groups -OCH3 is 2. The lowest BCUT2D eigenvalue weighted by Gasteiger charge is -2.17. The van der Waals surface area contributed by atoms with Gasteiger partial charge < -0.3 is 18.9 Å². The highest BCUT2D eigenvalue weighted by atomic mass is 16.5. The van der Waals surface area contributed by atoms with Crippen molar-refractivity contribution in [2.24, 2.45) is 0 Å². The van der Waals surface area contributed by atoms with E-state index in [9.17, 15) is 4.79 Å². The smallest absolute Gasteiger partial charge is 0.276 e. The predicted molar refractivity (Wildman–Crippen MR) is 84.0 cm³/mol. The first kappa shape index (κ1) is 15.4. The Hall–Kier alpha value is -2.50. The van der Waals surface area contributed by atoms with E-state index >= 15 is 0 Å². The fourth-order valence-electron chi connectivity index (χ4n) is 2.99. The normalized spacial score (nSPS) is 17.3. The van der Waals surface area contributed by atoms with Gasteiger partial charge in [0.05, 0.1) is 14.2 Å². The van der Waals surface area contributed by atoms with Gasteiger partial charge in [0.15, 0.2) is 5.69 Å². The van der Waals surface area contributed by atoms with Gasteiger partial charge in [0, 0.05) is 30.6 Å². The number of amides is 1. The minimum absolute atomic E-state index is 0.0915. The van der Waals surface area contributed by atoms with Crippen LogP contribution in [0.3, 0.4) is 0 Å². The molecule has 1 aliphatic rings. The lowest BCUT2D eigenvalue weighted by Crippen LogP contribution is -2.28. The van der Waals surface area contributed by atoms with Gasteiger partial charge in [-0.3, -0.25) is 4.79 Å². The van der Waals surface area contributed by atoms with Crippen LogP contribution in [0.4, 0.5) is 0 Å². The quantitative estimate of drug-likeness (QED) is 0.867. The number of rotatable bonds is 4. The highest BCUT2D eigenvalue weighted by Gasteiger charge is 2.31. The Morgan fingerprint density at radius 1 is 1.30 bits per heavy atom. The maximum absolute atomic E-state index is 12.5. The summed E-state index contributed by atoms with van der Waals surface area (Å²) in [6.07, 6.45) is 0.881. The Balaban J connectivity index is 1.78. The molecule has 1 amide bonds. The van der Waals surface area contributed by atoms with Crippen LogP contribution in [-0.4, -0.2) is 43.3 Å². The van der Waals surface area contributed by atoms with E-state index in [4.69, 9.17) is 14.0 Å². The summed E-state index contributed by atoms with van der Waals surface area (Å²) in [5.41, 5.74) is 1.43. The molecule has 3 rings (SSSR count). The molecule has 0 aliphatic carbocycles. The molecule has 1 saturated heterocycles. The van der Waals surface area contributed by atoms with Gasteiger partial charge >= 0.3 is 0 Å². The van der Waals surface area contributed by atoms with Crippen molar-refractivity contribution in [1.82, 2.24) is 10.1 Å². The van der Waals surface area contributed by atoms with Crippen LogP contribution in [-0.2, 0) is 0 Å². The molecule has 23 heavy (non-hydrogen) atoms. The van der Waals surface area contributed by atoms with Crippen LogP contribution in [0, 0.1) is 6.92 Å². The Morgan fingerprint density at radius 2 is 2.13 bits per heavy atom. The molecule has 1 aromatic heterocycles. The third-order valence-corrected chi connectivity index (χ3v) is 4.20. The van der Waals surface area contributed by atoms with E-state index in [1.54, 1.807) is 32.1 Å². The number of carbonyl (C=O) groups excluding carboxylic acids is 1. The van der Waals surface area contributed by atoms with Gasteiger partial charge in [-0.25, -0.2) is 0 Å². The molecule has 0 saturated carbocycles. The second kappa shape index (κ2) is 6.32. The topological polar surface area (TPSA) is 64.8 Å². The van der Waals surface area contributed by atoms with Crippen molar-refractivity contribution in [3.8, 4) is 11.5 Å². The van der Waals surface area contributed by atoms with Crippen molar-refractivity contribution in [2.45, 2.75) is 19.3 Å². The fourth-order valence-corrected chi connectivity index (χ4v) is 2.99. The van der Waals surface area contributed by atoms with Crippen molar-refractivity contribution < 1.29 is 18.8 Å². The molecular formula is C17H20N2O4. The monoisotopic (exact) mass is 316 g/mol. The molecule has 1 aromatic carbocycles. The Bertz CT molecular complexity index is 710. The summed E-state index contributed by atoms with van der Waals surface area (Å²) in [4.78, 5) is 14.3. The van der Waals surface area contributed by atoms with E-state index in [-0.39, 0.29) is 11.8 Å². The van der Waals surface area contributed by atoms with E-state index in [1.165, 1.54) is 0 Å². The van der Waals surface area contributed by atoms with Crippen LogP contribution in [0.25, 0.3) is 0 Å². The van der Waals surface area contributed by atoms with E-state index in [2.05, 4.69) is 5.16 Å². The molecule has 0 unspecified atom stereocenters. The maximum Gasteiger partial charge on any atom is 0.276 e. The zero-order valence-corrected chi connectivity index (χ0v) is 13.5. The summed E-state index contributed by atoms with van der Waals surface area (Å²) in [5, 5.41) is 3.81. The van der Waals surface area contributed by atoms with E-state index in [0.29, 0.717) is 24.5 Å². The van der Waals surface area contributed by atoms with E-state index in [1.807, 2.05) is 18.2 Å². The molecule has 6 heteroatoms. The standard InChI is InChI=1S/C17H20N2O4/c1-11-8-15(18-23-11)17(20)19-7-6-12(10-19)14-9-13(21-2)4-5-16(14)22-3/h4-5,8-9,12H,6-7,10H2,1-3H3/t12-/m1/s1. The summed E-state index contributed by atoms with van der Waals surface area (Å²) in [7, 11) is 3.30. The molecule has 0 N–H and O–H groups in total. The Kier molecular flexibility index (Phi) is 4.23. The minimum Gasteiger partial charge on any atom is -0.497 e. The molecule has 1 fully saturated rings. The molecule has 0 radical (unpaired) electrons. The molecule has 122 valence electrons.